The van der Waals surface area contributed by atoms with Gasteiger partial charge in [0.25, 0.3) is 0 Å². The highest BCUT2D eigenvalue weighted by Crippen LogP contribution is 2.40. The van der Waals surface area contributed by atoms with E-state index in [1.807, 2.05) is 12.1 Å². The maximum Gasteiger partial charge on any atom is 0.229 e. The molecule has 0 unspecified atom stereocenters. The number of rotatable bonds is 11. The Morgan fingerprint density at radius 1 is 0.946 bits per heavy atom. The average molecular weight is 542 g/mol. The molecule has 2 aromatic heterocycles. The van der Waals surface area contributed by atoms with Crippen molar-refractivity contribution < 1.29 is 27.4 Å². The number of aromatic nitrogens is 2. The second kappa shape index (κ2) is 11.6. The lowest BCUT2D eigenvalue weighted by molar-refractivity contribution is -0.118. The maximum absolute atomic E-state index is 13.4. The Kier molecular flexibility index (Phi) is 8.24. The van der Waals surface area contributed by atoms with Gasteiger partial charge >= 0.3 is 0 Å². The molecule has 0 saturated carbocycles. The number of thiazole rings is 1. The summed E-state index contributed by atoms with van der Waals surface area (Å²) < 4.78 is 42.4. The van der Waals surface area contributed by atoms with Crippen LogP contribution in [0.3, 0.4) is 0 Å². The molecule has 0 N–H and O–H groups in total. The van der Waals surface area contributed by atoms with E-state index in [1.165, 1.54) is 35.5 Å². The molecule has 194 valence electrons. The van der Waals surface area contributed by atoms with Gasteiger partial charge in [0.2, 0.25) is 5.91 Å². The van der Waals surface area contributed by atoms with Crippen LogP contribution in [0.25, 0.3) is 10.2 Å². The van der Waals surface area contributed by atoms with Crippen LogP contribution in [0.1, 0.15) is 18.5 Å². The first kappa shape index (κ1) is 26.4. The molecule has 0 aliphatic heterocycles. The molecule has 0 fully saturated rings. The Morgan fingerprint density at radius 2 is 1.68 bits per heavy atom. The van der Waals surface area contributed by atoms with Crippen LogP contribution in [0.2, 0.25) is 0 Å². The second-order valence-electron chi connectivity index (χ2n) is 8.04. The van der Waals surface area contributed by atoms with Crippen molar-refractivity contribution in [2.24, 2.45) is 0 Å². The zero-order valence-electron chi connectivity index (χ0n) is 20.7. The van der Waals surface area contributed by atoms with Crippen molar-refractivity contribution in [3.63, 3.8) is 0 Å². The summed E-state index contributed by atoms with van der Waals surface area (Å²) in [6.07, 6.45) is 1.83. The third-order valence-corrected chi connectivity index (χ3v) is 8.61. The van der Waals surface area contributed by atoms with Gasteiger partial charge in [-0.05, 0) is 55.0 Å². The quantitative estimate of drug-likeness (QED) is 0.273. The van der Waals surface area contributed by atoms with E-state index in [4.69, 9.17) is 19.2 Å². The Hall–Kier alpha value is -3.70. The molecule has 4 aromatic rings. The first-order valence-corrected chi connectivity index (χ1v) is 13.9. The number of benzene rings is 2. The number of hydrogen-bond acceptors (Lipinski definition) is 9. The maximum atomic E-state index is 13.4. The van der Waals surface area contributed by atoms with Crippen LogP contribution >= 0.6 is 11.3 Å². The van der Waals surface area contributed by atoms with Crippen molar-refractivity contribution in [3.8, 4) is 17.2 Å². The summed E-state index contributed by atoms with van der Waals surface area (Å²) in [6.45, 7) is 0.190. The molecule has 4 rings (SSSR count). The van der Waals surface area contributed by atoms with Crippen LogP contribution in [0.15, 0.2) is 65.7 Å². The van der Waals surface area contributed by atoms with Gasteiger partial charge in [0, 0.05) is 12.6 Å². The molecule has 11 heteroatoms. The van der Waals surface area contributed by atoms with Gasteiger partial charge in [0.05, 0.1) is 44.2 Å². The molecular weight excluding hydrogens is 514 g/mol. The molecular formula is C26H27N3O6S2. The molecule has 37 heavy (non-hydrogen) atoms. The van der Waals surface area contributed by atoms with Gasteiger partial charge in [-0.15, -0.1) is 0 Å². The molecule has 0 bridgehead atoms. The highest BCUT2D eigenvalue weighted by molar-refractivity contribution is 7.91. The van der Waals surface area contributed by atoms with Gasteiger partial charge in [-0.3, -0.25) is 14.7 Å². The summed E-state index contributed by atoms with van der Waals surface area (Å²) >= 11 is 1.30. The molecule has 9 nitrogen and oxygen atoms in total. The minimum absolute atomic E-state index is 0.0203. The number of carbonyl (C=O) groups excluding carboxylic acids is 1. The van der Waals surface area contributed by atoms with Gasteiger partial charge in [-0.25, -0.2) is 13.4 Å². The van der Waals surface area contributed by atoms with Crippen molar-refractivity contribution in [3.05, 3.63) is 66.5 Å². The van der Waals surface area contributed by atoms with Gasteiger partial charge < -0.3 is 14.2 Å². The summed E-state index contributed by atoms with van der Waals surface area (Å²) in [5, 5.41) is 0.450. The number of anilines is 1. The fourth-order valence-corrected chi connectivity index (χ4v) is 6.16. The largest absolute Gasteiger partial charge is 0.497 e. The number of methoxy groups -OCH3 is 3. The molecule has 0 radical (unpaired) electrons. The molecule has 0 atom stereocenters. The minimum Gasteiger partial charge on any atom is -0.497 e. The van der Waals surface area contributed by atoms with E-state index in [9.17, 15) is 13.2 Å². The summed E-state index contributed by atoms with van der Waals surface area (Å²) in [5.41, 5.74) is 1.27. The highest BCUT2D eigenvalue weighted by Gasteiger charge is 2.24. The number of hydrogen-bond donors (Lipinski definition) is 0. The zero-order chi connectivity index (χ0) is 26.4. The van der Waals surface area contributed by atoms with E-state index in [0.29, 0.717) is 33.6 Å². The van der Waals surface area contributed by atoms with Crippen LogP contribution in [0.4, 0.5) is 5.13 Å². The van der Waals surface area contributed by atoms with Gasteiger partial charge in [-0.2, -0.15) is 0 Å². The van der Waals surface area contributed by atoms with Gasteiger partial charge in [0.15, 0.2) is 15.0 Å². The Bertz CT molecular complexity index is 1430. The van der Waals surface area contributed by atoms with Crippen molar-refractivity contribution in [1.82, 2.24) is 9.97 Å². The lowest BCUT2D eigenvalue weighted by Crippen LogP contribution is -2.30. The number of carbonyl (C=O) groups is 1. The zero-order valence-corrected chi connectivity index (χ0v) is 22.3. The third-order valence-electron chi connectivity index (χ3n) is 5.70. The lowest BCUT2D eigenvalue weighted by atomic mass is 10.2. The lowest BCUT2D eigenvalue weighted by Gasteiger charge is -2.19. The van der Waals surface area contributed by atoms with Gasteiger partial charge in [0.1, 0.15) is 27.5 Å². The summed E-state index contributed by atoms with van der Waals surface area (Å²) in [5.74, 6) is 1.34. The molecule has 2 aromatic carbocycles. The predicted octanol–water partition coefficient (Wildman–Crippen LogP) is 4.50. The van der Waals surface area contributed by atoms with E-state index < -0.39 is 9.84 Å². The number of pyridine rings is 1. The van der Waals surface area contributed by atoms with E-state index >= 15 is 0 Å². The molecule has 2 heterocycles. The molecule has 0 aliphatic carbocycles. The Morgan fingerprint density at radius 3 is 2.32 bits per heavy atom. The molecule has 0 spiro atoms. The van der Waals surface area contributed by atoms with E-state index in [0.717, 1.165) is 4.70 Å². The van der Waals surface area contributed by atoms with Crippen molar-refractivity contribution in [1.29, 1.82) is 0 Å². The normalized spacial score (nSPS) is 11.3. The number of fused-ring (bicyclic) bond motifs is 1. The highest BCUT2D eigenvalue weighted by atomic mass is 32.2. The number of amides is 1. The first-order chi connectivity index (χ1) is 17.9. The third kappa shape index (κ3) is 6.00. The number of sulfone groups is 1. The van der Waals surface area contributed by atoms with Crippen LogP contribution in [-0.2, 0) is 21.2 Å². The number of nitrogens with zero attached hydrogens (tertiary/aromatic N) is 3. The first-order valence-electron chi connectivity index (χ1n) is 11.4. The van der Waals surface area contributed by atoms with Crippen molar-refractivity contribution >= 4 is 42.4 Å². The smallest absolute Gasteiger partial charge is 0.229 e. The number of ether oxygens (including phenoxy) is 3. The van der Waals surface area contributed by atoms with Crippen molar-refractivity contribution in [2.45, 2.75) is 24.3 Å². The minimum atomic E-state index is -3.55. The molecule has 1 amide bonds. The van der Waals surface area contributed by atoms with E-state index in [-0.39, 0.29) is 35.9 Å². The monoisotopic (exact) mass is 541 g/mol. The van der Waals surface area contributed by atoms with Crippen LogP contribution in [0.5, 0.6) is 17.2 Å². The SMILES string of the molecule is COc1ccc(S(=O)(=O)CCCC(=O)N(Cc2ccccn2)c2nc3c(OC)ccc(OC)c3s2)cc1. The summed E-state index contributed by atoms with van der Waals surface area (Å²) in [6, 6.07) is 15.2. The van der Waals surface area contributed by atoms with E-state index in [2.05, 4.69) is 4.98 Å². The van der Waals surface area contributed by atoms with E-state index in [1.54, 1.807) is 50.7 Å². The van der Waals surface area contributed by atoms with Gasteiger partial charge in [-0.1, -0.05) is 17.4 Å². The fourth-order valence-electron chi connectivity index (χ4n) is 3.76. The molecule has 0 saturated heterocycles. The topological polar surface area (TPSA) is 108 Å². The van der Waals surface area contributed by atoms with Crippen LogP contribution in [0, 0.1) is 0 Å². The summed E-state index contributed by atoms with van der Waals surface area (Å²) in [4.78, 5) is 24.2. The van der Waals surface area contributed by atoms with Crippen LogP contribution < -0.4 is 19.1 Å². The fraction of sp³-hybridized carbons (Fsp3) is 0.269. The second-order valence-corrected chi connectivity index (χ2v) is 11.1. The Labute approximate surface area is 219 Å². The van der Waals surface area contributed by atoms with Crippen molar-refractivity contribution in [2.75, 3.05) is 32.0 Å². The summed E-state index contributed by atoms with van der Waals surface area (Å²) in [7, 11) is 1.09. The Balaban J connectivity index is 1.57. The predicted molar refractivity (Wildman–Crippen MR) is 142 cm³/mol. The van der Waals surface area contributed by atoms with Crippen LogP contribution in [-0.4, -0.2) is 51.4 Å². The standard InChI is InChI=1S/C26H27N3O6S2/c1-33-19-9-11-20(12-10-19)37(31,32)16-6-8-23(30)29(17-18-7-4-5-15-27-18)26-28-24-21(34-2)13-14-22(35-3)25(24)36-26/h4-5,7,9-15H,6,8,16-17H2,1-3H3. The molecule has 0 aliphatic rings. The average Bonchev–Trinajstić information content (AvgIpc) is 3.37.